The maximum atomic E-state index is 12.2. The van der Waals surface area contributed by atoms with Crippen molar-refractivity contribution in [1.82, 2.24) is 0 Å². The molecule has 0 aromatic heterocycles. The molecule has 0 fully saturated rings. The summed E-state index contributed by atoms with van der Waals surface area (Å²) in [5.41, 5.74) is 2.94. The summed E-state index contributed by atoms with van der Waals surface area (Å²) >= 11 is 1.38. The Morgan fingerprint density at radius 2 is 1.79 bits per heavy atom. The molecule has 24 heavy (non-hydrogen) atoms. The highest BCUT2D eigenvalue weighted by Crippen LogP contribution is 2.34. The molecule has 4 nitrogen and oxygen atoms in total. The van der Waals surface area contributed by atoms with E-state index in [1.807, 2.05) is 43.3 Å². The van der Waals surface area contributed by atoms with Gasteiger partial charge in [0.1, 0.15) is 16.5 Å². The highest BCUT2D eigenvalue weighted by Gasteiger charge is 2.23. The van der Waals surface area contributed by atoms with Gasteiger partial charge in [-0.15, -0.1) is 0 Å². The number of amides is 1. The summed E-state index contributed by atoms with van der Waals surface area (Å²) in [5, 5.41) is 0.721. The van der Waals surface area contributed by atoms with E-state index in [1.54, 1.807) is 26.4 Å². The van der Waals surface area contributed by atoms with Crippen LogP contribution in [0, 0.1) is 6.92 Å². The Hall–Kier alpha value is -2.53. The van der Waals surface area contributed by atoms with E-state index in [1.165, 1.54) is 17.3 Å². The molecule has 5 heteroatoms. The molecule has 0 atom stereocenters. The average molecular weight is 339 g/mol. The van der Waals surface area contributed by atoms with Gasteiger partial charge in [0, 0.05) is 17.2 Å². The fourth-order valence-electron chi connectivity index (χ4n) is 2.31. The first-order valence-electron chi connectivity index (χ1n) is 7.42. The smallest absolute Gasteiger partial charge is 0.284 e. The van der Waals surface area contributed by atoms with Crippen LogP contribution < -0.4 is 9.47 Å². The number of rotatable bonds is 4. The van der Waals surface area contributed by atoms with Gasteiger partial charge in [-0.2, -0.15) is 0 Å². The first-order chi connectivity index (χ1) is 11.6. The molecular weight excluding hydrogens is 322 g/mol. The molecule has 0 radical (unpaired) electrons. The number of methoxy groups -OCH3 is 2. The summed E-state index contributed by atoms with van der Waals surface area (Å²) in [6.07, 6.45) is 1.80. The van der Waals surface area contributed by atoms with Gasteiger partial charge in [0.2, 0.25) is 0 Å². The fraction of sp³-hybridized carbons (Fsp3) is 0.158. The number of ether oxygens (including phenoxy) is 2. The zero-order chi connectivity index (χ0) is 17.1. The largest absolute Gasteiger partial charge is 0.497 e. The van der Waals surface area contributed by atoms with E-state index in [0.29, 0.717) is 16.4 Å². The molecule has 0 unspecified atom stereocenters. The minimum atomic E-state index is -0.228. The molecule has 0 spiro atoms. The SMILES string of the molecule is COc1ccc(C=C2SC(c3ccc(C)cc3)=NC2=O)c(OC)c1. The monoisotopic (exact) mass is 339 g/mol. The molecule has 0 aliphatic carbocycles. The van der Waals surface area contributed by atoms with E-state index in [4.69, 9.17) is 9.47 Å². The Labute approximate surface area is 145 Å². The summed E-state index contributed by atoms with van der Waals surface area (Å²) in [4.78, 5) is 16.9. The molecule has 122 valence electrons. The highest BCUT2D eigenvalue weighted by molar-refractivity contribution is 8.19. The topological polar surface area (TPSA) is 47.9 Å². The Bertz CT molecular complexity index is 838. The number of hydrogen-bond acceptors (Lipinski definition) is 4. The summed E-state index contributed by atoms with van der Waals surface area (Å²) in [7, 11) is 3.19. The maximum Gasteiger partial charge on any atom is 0.284 e. The second-order valence-corrected chi connectivity index (χ2v) is 6.34. The lowest BCUT2D eigenvalue weighted by Crippen LogP contribution is -1.92. The molecule has 1 heterocycles. The van der Waals surface area contributed by atoms with E-state index < -0.39 is 0 Å². The lowest BCUT2D eigenvalue weighted by Gasteiger charge is -2.07. The predicted molar refractivity (Wildman–Crippen MR) is 97.8 cm³/mol. The van der Waals surface area contributed by atoms with Crippen LogP contribution in [0.15, 0.2) is 52.4 Å². The van der Waals surface area contributed by atoms with Crippen LogP contribution in [0.3, 0.4) is 0 Å². The molecule has 0 N–H and O–H groups in total. The third kappa shape index (κ3) is 3.36. The van der Waals surface area contributed by atoms with E-state index in [0.717, 1.165) is 16.2 Å². The van der Waals surface area contributed by atoms with Crippen molar-refractivity contribution in [3.05, 3.63) is 64.1 Å². The van der Waals surface area contributed by atoms with E-state index in [2.05, 4.69) is 4.99 Å². The number of thioether (sulfide) groups is 1. The van der Waals surface area contributed by atoms with E-state index in [9.17, 15) is 4.79 Å². The lowest BCUT2D eigenvalue weighted by atomic mass is 10.1. The van der Waals surface area contributed by atoms with Gasteiger partial charge in [-0.3, -0.25) is 4.79 Å². The van der Waals surface area contributed by atoms with Crippen molar-refractivity contribution in [2.24, 2.45) is 4.99 Å². The number of nitrogens with zero attached hydrogens (tertiary/aromatic N) is 1. The molecule has 2 aromatic rings. The summed E-state index contributed by atoms with van der Waals surface area (Å²) < 4.78 is 10.6. The number of aliphatic imine (C=N–C) groups is 1. The molecule has 0 saturated carbocycles. The minimum Gasteiger partial charge on any atom is -0.497 e. The molecular formula is C19H17NO3S. The third-order valence-corrected chi connectivity index (χ3v) is 4.68. The van der Waals surface area contributed by atoms with Gasteiger partial charge in [-0.05, 0) is 25.1 Å². The van der Waals surface area contributed by atoms with E-state index >= 15 is 0 Å². The highest BCUT2D eigenvalue weighted by atomic mass is 32.2. The Morgan fingerprint density at radius 3 is 2.46 bits per heavy atom. The number of hydrogen-bond donors (Lipinski definition) is 0. The summed E-state index contributed by atoms with van der Waals surface area (Å²) in [5.74, 6) is 1.13. The number of aryl methyl sites for hydroxylation is 1. The number of carbonyl (C=O) groups excluding carboxylic acids is 1. The summed E-state index contributed by atoms with van der Waals surface area (Å²) in [6.45, 7) is 2.03. The fourth-order valence-corrected chi connectivity index (χ4v) is 3.22. The van der Waals surface area contributed by atoms with Crippen molar-refractivity contribution in [1.29, 1.82) is 0 Å². The van der Waals surface area contributed by atoms with Crippen LogP contribution in [0.25, 0.3) is 6.08 Å². The van der Waals surface area contributed by atoms with Gasteiger partial charge in [-0.1, -0.05) is 41.6 Å². The molecule has 0 bridgehead atoms. The third-order valence-electron chi connectivity index (χ3n) is 3.65. The molecule has 3 rings (SSSR count). The summed E-state index contributed by atoms with van der Waals surface area (Å²) in [6, 6.07) is 13.5. The Kier molecular flexibility index (Phi) is 4.71. The van der Waals surface area contributed by atoms with Crippen LogP contribution in [0.4, 0.5) is 0 Å². The molecule has 1 aliphatic heterocycles. The standard InChI is InChI=1S/C19H17NO3S/c1-12-4-6-13(7-5-12)19-20-18(21)17(24-19)10-14-8-9-15(22-2)11-16(14)23-3/h4-11H,1-3H3. The van der Waals surface area contributed by atoms with Crippen molar-refractivity contribution < 1.29 is 14.3 Å². The van der Waals surface area contributed by atoms with Crippen molar-refractivity contribution in [2.45, 2.75) is 6.92 Å². The zero-order valence-corrected chi connectivity index (χ0v) is 14.5. The average Bonchev–Trinajstić information content (AvgIpc) is 2.96. The van der Waals surface area contributed by atoms with Crippen LogP contribution in [0.2, 0.25) is 0 Å². The lowest BCUT2D eigenvalue weighted by molar-refractivity contribution is -0.113. The zero-order valence-electron chi connectivity index (χ0n) is 13.7. The second-order valence-electron chi connectivity index (χ2n) is 5.31. The van der Waals surface area contributed by atoms with Crippen molar-refractivity contribution in [2.75, 3.05) is 14.2 Å². The van der Waals surface area contributed by atoms with Crippen molar-refractivity contribution >= 4 is 28.8 Å². The van der Waals surface area contributed by atoms with Crippen molar-refractivity contribution in [3.8, 4) is 11.5 Å². The molecule has 1 amide bonds. The van der Waals surface area contributed by atoms with Gasteiger partial charge < -0.3 is 9.47 Å². The predicted octanol–water partition coefficient (Wildman–Crippen LogP) is 4.07. The minimum absolute atomic E-state index is 0.228. The normalized spacial score (nSPS) is 15.5. The quantitative estimate of drug-likeness (QED) is 0.788. The van der Waals surface area contributed by atoms with Crippen LogP contribution in [-0.4, -0.2) is 25.2 Å². The Morgan fingerprint density at radius 1 is 1.04 bits per heavy atom. The number of benzene rings is 2. The molecule has 0 saturated heterocycles. The van der Waals surface area contributed by atoms with E-state index in [-0.39, 0.29) is 5.91 Å². The van der Waals surface area contributed by atoms with Crippen LogP contribution in [0.5, 0.6) is 11.5 Å². The van der Waals surface area contributed by atoms with Gasteiger partial charge in [0.05, 0.1) is 19.1 Å². The van der Waals surface area contributed by atoms with Crippen molar-refractivity contribution in [3.63, 3.8) is 0 Å². The first-order valence-corrected chi connectivity index (χ1v) is 8.24. The van der Waals surface area contributed by atoms with Gasteiger partial charge in [0.15, 0.2) is 0 Å². The molecule has 2 aromatic carbocycles. The van der Waals surface area contributed by atoms with Gasteiger partial charge >= 0.3 is 0 Å². The van der Waals surface area contributed by atoms with Crippen LogP contribution in [-0.2, 0) is 4.79 Å². The first kappa shape index (κ1) is 16.3. The maximum absolute atomic E-state index is 12.2. The van der Waals surface area contributed by atoms with Gasteiger partial charge in [0.25, 0.3) is 5.91 Å². The molecule has 1 aliphatic rings. The van der Waals surface area contributed by atoms with Crippen LogP contribution in [0.1, 0.15) is 16.7 Å². The number of carbonyl (C=O) groups is 1. The Balaban J connectivity index is 1.88. The van der Waals surface area contributed by atoms with Crippen LogP contribution >= 0.6 is 11.8 Å². The van der Waals surface area contributed by atoms with Gasteiger partial charge in [-0.25, -0.2) is 4.99 Å². The second kappa shape index (κ2) is 6.93.